The molecule has 0 aliphatic heterocycles. The van der Waals surface area contributed by atoms with E-state index in [0.29, 0.717) is 22.2 Å². The van der Waals surface area contributed by atoms with Gasteiger partial charge in [-0.25, -0.2) is 4.98 Å². The van der Waals surface area contributed by atoms with Crippen molar-refractivity contribution in [1.29, 1.82) is 0 Å². The largest absolute Gasteiger partial charge is 0.437 e. The van der Waals surface area contributed by atoms with Crippen molar-refractivity contribution in [3.05, 3.63) is 51.1 Å². The van der Waals surface area contributed by atoms with Crippen LogP contribution in [0.15, 0.2) is 34.9 Å². The summed E-state index contributed by atoms with van der Waals surface area (Å²) in [7, 11) is 0. The first kappa shape index (κ1) is 13.3. The summed E-state index contributed by atoms with van der Waals surface area (Å²) in [6.45, 7) is 1.85. The predicted molar refractivity (Wildman–Crippen MR) is 74.1 cm³/mol. The molecule has 0 fully saturated rings. The average molecular weight is 329 g/mol. The van der Waals surface area contributed by atoms with Crippen molar-refractivity contribution in [3.63, 3.8) is 0 Å². The summed E-state index contributed by atoms with van der Waals surface area (Å²) >= 11 is 9.42. The van der Waals surface area contributed by atoms with E-state index in [-0.39, 0.29) is 6.61 Å². The maximum absolute atomic E-state index is 8.98. The van der Waals surface area contributed by atoms with Gasteiger partial charge >= 0.3 is 0 Å². The Morgan fingerprint density at radius 2 is 2.17 bits per heavy atom. The fraction of sp³-hybridized carbons (Fsp3) is 0.154. The monoisotopic (exact) mass is 327 g/mol. The van der Waals surface area contributed by atoms with Crippen LogP contribution in [0.4, 0.5) is 0 Å². The van der Waals surface area contributed by atoms with Gasteiger partial charge in [0, 0.05) is 10.7 Å². The summed E-state index contributed by atoms with van der Waals surface area (Å²) in [6, 6.07) is 7.37. The summed E-state index contributed by atoms with van der Waals surface area (Å²) < 4.78 is 6.59. The molecule has 0 saturated carbocycles. The number of hydrogen-bond acceptors (Lipinski definition) is 3. The topological polar surface area (TPSA) is 42.4 Å². The molecule has 18 heavy (non-hydrogen) atoms. The van der Waals surface area contributed by atoms with Crippen molar-refractivity contribution < 1.29 is 9.84 Å². The predicted octanol–water partition coefficient (Wildman–Crippen LogP) is 4.09. The first-order chi connectivity index (χ1) is 8.60. The maximum Gasteiger partial charge on any atom is 0.238 e. The zero-order valence-corrected chi connectivity index (χ0v) is 12.0. The minimum atomic E-state index is -0.0943. The van der Waals surface area contributed by atoms with E-state index in [4.69, 9.17) is 21.4 Å². The highest BCUT2D eigenvalue weighted by Gasteiger charge is 2.08. The number of hydrogen-bond donors (Lipinski definition) is 1. The minimum absolute atomic E-state index is 0.0943. The minimum Gasteiger partial charge on any atom is -0.437 e. The molecule has 1 aromatic carbocycles. The summed E-state index contributed by atoms with van der Waals surface area (Å²) in [5.74, 6) is 1.02. The summed E-state index contributed by atoms with van der Waals surface area (Å²) in [6.07, 6.45) is 1.54. The number of aliphatic hydroxyl groups excluding tert-OH is 1. The number of aliphatic hydroxyl groups is 1. The van der Waals surface area contributed by atoms with E-state index in [0.717, 1.165) is 10.0 Å². The Bertz CT molecular complexity index is 575. The Morgan fingerprint density at radius 3 is 2.83 bits per heavy atom. The van der Waals surface area contributed by atoms with Crippen LogP contribution in [0.1, 0.15) is 11.1 Å². The first-order valence-corrected chi connectivity index (χ1v) is 6.46. The lowest BCUT2D eigenvalue weighted by atomic mass is 10.2. The van der Waals surface area contributed by atoms with Crippen molar-refractivity contribution in [3.8, 4) is 11.6 Å². The molecule has 94 valence electrons. The lowest BCUT2D eigenvalue weighted by Crippen LogP contribution is -1.93. The molecule has 2 rings (SSSR count). The Labute approximate surface area is 119 Å². The van der Waals surface area contributed by atoms with Crippen molar-refractivity contribution >= 4 is 27.5 Å². The van der Waals surface area contributed by atoms with E-state index < -0.39 is 0 Å². The molecular formula is C13H11BrClNO2. The van der Waals surface area contributed by atoms with Crippen LogP contribution in [0, 0.1) is 6.92 Å². The molecule has 1 heterocycles. The standard InChI is InChI=1S/C13H11BrClNO2/c1-8-2-3-10(14)5-12(8)18-13-11(15)4-9(7-17)6-16-13/h2-6,17H,7H2,1H3. The number of nitrogens with zero attached hydrogens (tertiary/aromatic N) is 1. The highest BCUT2D eigenvalue weighted by molar-refractivity contribution is 9.10. The van der Waals surface area contributed by atoms with Crippen LogP contribution < -0.4 is 4.74 Å². The molecule has 0 unspecified atom stereocenters. The smallest absolute Gasteiger partial charge is 0.238 e. The van der Waals surface area contributed by atoms with E-state index in [1.807, 2.05) is 25.1 Å². The maximum atomic E-state index is 8.98. The van der Waals surface area contributed by atoms with Crippen molar-refractivity contribution in [1.82, 2.24) is 4.98 Å². The molecule has 0 saturated heterocycles. The van der Waals surface area contributed by atoms with E-state index in [1.54, 1.807) is 6.07 Å². The van der Waals surface area contributed by atoms with Crippen LogP contribution in [-0.2, 0) is 6.61 Å². The molecule has 0 amide bonds. The molecule has 2 aromatic rings. The van der Waals surface area contributed by atoms with E-state index in [1.165, 1.54) is 6.20 Å². The third kappa shape index (κ3) is 3.02. The number of pyridine rings is 1. The molecular weight excluding hydrogens is 318 g/mol. The van der Waals surface area contributed by atoms with Gasteiger partial charge in [-0.15, -0.1) is 0 Å². The van der Waals surface area contributed by atoms with Crippen molar-refractivity contribution in [2.24, 2.45) is 0 Å². The highest BCUT2D eigenvalue weighted by atomic mass is 79.9. The second-order valence-electron chi connectivity index (χ2n) is 3.80. The van der Waals surface area contributed by atoms with Crippen LogP contribution >= 0.6 is 27.5 Å². The number of aromatic nitrogens is 1. The Balaban J connectivity index is 2.31. The summed E-state index contributed by atoms with van der Waals surface area (Å²) in [5.41, 5.74) is 1.64. The fourth-order valence-corrected chi connectivity index (χ4v) is 1.98. The first-order valence-electron chi connectivity index (χ1n) is 5.29. The molecule has 0 spiro atoms. The number of ether oxygens (including phenoxy) is 1. The number of benzene rings is 1. The fourth-order valence-electron chi connectivity index (χ4n) is 1.41. The SMILES string of the molecule is Cc1ccc(Br)cc1Oc1ncc(CO)cc1Cl. The van der Waals surface area contributed by atoms with Gasteiger partial charge in [-0.05, 0) is 36.2 Å². The number of halogens is 2. The molecule has 0 aliphatic rings. The molecule has 3 nitrogen and oxygen atoms in total. The number of rotatable bonds is 3. The summed E-state index contributed by atoms with van der Waals surface area (Å²) in [4.78, 5) is 4.09. The second-order valence-corrected chi connectivity index (χ2v) is 5.12. The third-order valence-electron chi connectivity index (χ3n) is 2.40. The van der Waals surface area contributed by atoms with Gasteiger partial charge in [-0.1, -0.05) is 33.6 Å². The lowest BCUT2D eigenvalue weighted by Gasteiger charge is -2.10. The molecule has 0 aliphatic carbocycles. The quantitative estimate of drug-likeness (QED) is 0.922. The van der Waals surface area contributed by atoms with Gasteiger partial charge in [0.1, 0.15) is 10.8 Å². The van der Waals surface area contributed by atoms with Crippen LogP contribution in [0.5, 0.6) is 11.6 Å². The lowest BCUT2D eigenvalue weighted by molar-refractivity contribution is 0.281. The van der Waals surface area contributed by atoms with Crippen LogP contribution in [-0.4, -0.2) is 10.1 Å². The van der Waals surface area contributed by atoms with Crippen LogP contribution in [0.2, 0.25) is 5.02 Å². The number of aryl methyl sites for hydroxylation is 1. The van der Waals surface area contributed by atoms with Gasteiger partial charge in [0.25, 0.3) is 0 Å². The molecule has 1 aromatic heterocycles. The Kier molecular flexibility index (Phi) is 4.22. The summed E-state index contributed by atoms with van der Waals surface area (Å²) in [5, 5.41) is 9.35. The second kappa shape index (κ2) is 5.69. The molecule has 0 atom stereocenters. The molecule has 5 heteroatoms. The highest BCUT2D eigenvalue weighted by Crippen LogP contribution is 2.31. The normalized spacial score (nSPS) is 10.4. The van der Waals surface area contributed by atoms with Gasteiger partial charge in [0.15, 0.2) is 0 Å². The van der Waals surface area contributed by atoms with Crippen molar-refractivity contribution in [2.45, 2.75) is 13.5 Å². The van der Waals surface area contributed by atoms with Crippen LogP contribution in [0.25, 0.3) is 0 Å². The third-order valence-corrected chi connectivity index (χ3v) is 3.17. The van der Waals surface area contributed by atoms with Gasteiger partial charge < -0.3 is 9.84 Å². The average Bonchev–Trinajstić information content (AvgIpc) is 2.36. The molecule has 0 radical (unpaired) electrons. The van der Waals surface area contributed by atoms with Crippen LogP contribution in [0.3, 0.4) is 0 Å². The van der Waals surface area contributed by atoms with Crippen molar-refractivity contribution in [2.75, 3.05) is 0 Å². The van der Waals surface area contributed by atoms with E-state index >= 15 is 0 Å². The zero-order chi connectivity index (χ0) is 13.1. The Morgan fingerprint density at radius 1 is 1.39 bits per heavy atom. The van der Waals surface area contributed by atoms with E-state index in [9.17, 15) is 0 Å². The van der Waals surface area contributed by atoms with Gasteiger partial charge in [-0.3, -0.25) is 0 Å². The van der Waals surface area contributed by atoms with Gasteiger partial charge in [-0.2, -0.15) is 0 Å². The van der Waals surface area contributed by atoms with Gasteiger partial charge in [0.2, 0.25) is 5.88 Å². The van der Waals surface area contributed by atoms with E-state index in [2.05, 4.69) is 20.9 Å². The van der Waals surface area contributed by atoms with Gasteiger partial charge in [0.05, 0.1) is 6.61 Å². The zero-order valence-electron chi connectivity index (χ0n) is 9.65. The molecule has 1 N–H and O–H groups in total. The Hall–Kier alpha value is -1.10. The molecule has 0 bridgehead atoms.